The molecule has 0 radical (unpaired) electrons. The SMILES string of the molecule is Cc1c(-c2cccc(C3c4sc(C(N)=O)nc4CCN3CC(C)(C)CO)c2C)cccc1C1c2sc(C(N)=O)nc2CCN1CC(C)(C)CO. The first kappa shape index (κ1) is 36.3. The van der Waals surface area contributed by atoms with Crippen molar-refractivity contribution in [2.45, 2.75) is 66.5 Å². The molecule has 2 aromatic carbocycles. The number of aromatic nitrogens is 2. The Kier molecular flexibility index (Phi) is 10.1. The predicted octanol–water partition coefficient (Wildman–Crippen LogP) is 5.01. The number of carbonyl (C=O) groups excluding carboxylic acids is 2. The van der Waals surface area contributed by atoms with Crippen molar-refractivity contribution >= 4 is 34.5 Å². The number of aliphatic hydroxyl groups is 2. The molecule has 10 nitrogen and oxygen atoms in total. The summed E-state index contributed by atoms with van der Waals surface area (Å²) in [5.74, 6) is -1.04. The maximum atomic E-state index is 12.2. The van der Waals surface area contributed by atoms with Gasteiger partial charge in [0.05, 0.1) is 33.2 Å². The monoisotopic (exact) mass is 716 g/mol. The standard InChI is InChI=1S/C38H48N6O4S2/c1-21-23(9-7-11-25(21)29-31-27(41-35(49-31)33(39)47)13-15-43(29)17-37(3,4)19-45)24-10-8-12-26(22(24)2)30-32-28(42-36(50-32)34(40)48)14-16-44(30)18-38(5,6)20-46/h7-12,29-30,45-46H,13-20H2,1-6H3,(H2,39,47)(H2,40,48). The van der Waals surface area contributed by atoms with Gasteiger partial charge in [-0.15, -0.1) is 22.7 Å². The van der Waals surface area contributed by atoms with E-state index in [-0.39, 0.29) is 36.1 Å². The summed E-state index contributed by atoms with van der Waals surface area (Å²) in [4.78, 5) is 40.6. The van der Waals surface area contributed by atoms with Crippen LogP contribution in [0.1, 0.15) is 103 Å². The number of hydrogen-bond acceptors (Lipinski definition) is 10. The van der Waals surface area contributed by atoms with Gasteiger partial charge < -0.3 is 21.7 Å². The lowest BCUT2D eigenvalue weighted by atomic mass is 9.84. The molecule has 2 aliphatic heterocycles. The van der Waals surface area contributed by atoms with Crippen molar-refractivity contribution in [2.24, 2.45) is 22.3 Å². The van der Waals surface area contributed by atoms with Gasteiger partial charge in [0, 0.05) is 63.1 Å². The molecule has 50 heavy (non-hydrogen) atoms. The zero-order valence-corrected chi connectivity index (χ0v) is 31.4. The van der Waals surface area contributed by atoms with Gasteiger partial charge in [-0.05, 0) is 47.2 Å². The highest BCUT2D eigenvalue weighted by molar-refractivity contribution is 7.14. The van der Waals surface area contributed by atoms with Crippen molar-refractivity contribution in [3.05, 3.63) is 89.8 Å². The lowest BCUT2D eigenvalue weighted by Gasteiger charge is -2.41. The molecule has 2 unspecified atom stereocenters. The molecule has 2 amide bonds. The first-order valence-corrected chi connectivity index (χ1v) is 18.8. The maximum Gasteiger partial charge on any atom is 0.277 e. The Morgan fingerprint density at radius 1 is 0.740 bits per heavy atom. The minimum absolute atomic E-state index is 0.0550. The number of rotatable bonds is 11. The smallest absolute Gasteiger partial charge is 0.277 e. The molecule has 4 aromatic rings. The summed E-state index contributed by atoms with van der Waals surface area (Å²) in [6, 6.07) is 12.5. The Labute approximate surface area is 302 Å². The van der Waals surface area contributed by atoms with Gasteiger partial charge in [-0.2, -0.15) is 0 Å². The highest BCUT2D eigenvalue weighted by Gasteiger charge is 2.38. The number of nitrogens with zero attached hydrogens (tertiary/aromatic N) is 4. The van der Waals surface area contributed by atoms with Crippen LogP contribution < -0.4 is 11.5 Å². The molecule has 6 rings (SSSR count). The zero-order valence-electron chi connectivity index (χ0n) is 29.7. The van der Waals surface area contributed by atoms with E-state index in [0.29, 0.717) is 35.9 Å². The molecule has 12 heteroatoms. The molecule has 4 heterocycles. The van der Waals surface area contributed by atoms with E-state index in [1.165, 1.54) is 22.7 Å². The van der Waals surface area contributed by atoms with Crippen LogP contribution in [0.25, 0.3) is 11.1 Å². The average molecular weight is 717 g/mol. The van der Waals surface area contributed by atoms with Gasteiger partial charge in [0.2, 0.25) is 0 Å². The Hall–Kier alpha value is -3.52. The highest BCUT2D eigenvalue weighted by Crippen LogP contribution is 2.46. The fourth-order valence-electron chi connectivity index (χ4n) is 7.51. The minimum atomic E-state index is -0.519. The first-order valence-electron chi connectivity index (χ1n) is 17.1. The predicted molar refractivity (Wildman–Crippen MR) is 199 cm³/mol. The van der Waals surface area contributed by atoms with Crippen LogP contribution in [0.4, 0.5) is 0 Å². The largest absolute Gasteiger partial charge is 0.396 e. The molecule has 0 bridgehead atoms. The van der Waals surface area contributed by atoms with Crippen LogP contribution in [-0.4, -0.2) is 81.2 Å². The van der Waals surface area contributed by atoms with Crippen LogP contribution in [0, 0.1) is 24.7 Å². The summed E-state index contributed by atoms with van der Waals surface area (Å²) >= 11 is 2.74. The van der Waals surface area contributed by atoms with E-state index in [9.17, 15) is 19.8 Å². The quantitative estimate of drug-likeness (QED) is 0.169. The number of nitrogens with two attached hydrogens (primary N) is 2. The summed E-state index contributed by atoms with van der Waals surface area (Å²) in [7, 11) is 0. The number of benzene rings is 2. The Bertz CT molecular complexity index is 1790. The third kappa shape index (κ3) is 6.89. The maximum absolute atomic E-state index is 12.2. The van der Waals surface area contributed by atoms with Gasteiger partial charge in [-0.1, -0.05) is 64.1 Å². The van der Waals surface area contributed by atoms with Crippen molar-refractivity contribution in [1.29, 1.82) is 0 Å². The number of thiazole rings is 2. The normalized spacial score (nSPS) is 18.6. The van der Waals surface area contributed by atoms with E-state index >= 15 is 0 Å². The molecule has 2 atom stereocenters. The van der Waals surface area contributed by atoms with Crippen LogP contribution in [0.5, 0.6) is 0 Å². The van der Waals surface area contributed by atoms with Gasteiger partial charge in [-0.3, -0.25) is 19.4 Å². The molecule has 0 spiro atoms. The third-order valence-corrected chi connectivity index (χ3v) is 12.5. The van der Waals surface area contributed by atoms with E-state index in [4.69, 9.17) is 11.5 Å². The van der Waals surface area contributed by atoms with Crippen molar-refractivity contribution in [3.8, 4) is 11.1 Å². The topological polar surface area (TPSA) is 159 Å². The Morgan fingerprint density at radius 2 is 1.12 bits per heavy atom. The summed E-state index contributed by atoms with van der Waals surface area (Å²) in [6.07, 6.45) is 1.41. The number of hydrogen-bond donors (Lipinski definition) is 4. The van der Waals surface area contributed by atoms with Crippen molar-refractivity contribution < 1.29 is 19.8 Å². The zero-order chi connectivity index (χ0) is 36.1. The fraction of sp³-hybridized carbons (Fsp3) is 0.474. The van der Waals surface area contributed by atoms with Gasteiger partial charge in [0.15, 0.2) is 10.0 Å². The van der Waals surface area contributed by atoms with E-state index in [0.717, 1.165) is 67.6 Å². The average Bonchev–Trinajstić information content (AvgIpc) is 3.71. The second-order valence-electron chi connectivity index (χ2n) is 15.3. The second-order valence-corrected chi connectivity index (χ2v) is 17.4. The lowest BCUT2D eigenvalue weighted by Crippen LogP contribution is -2.43. The molecule has 0 aliphatic carbocycles. The van der Waals surface area contributed by atoms with E-state index < -0.39 is 11.8 Å². The summed E-state index contributed by atoms with van der Waals surface area (Å²) in [5.41, 5.74) is 19.3. The molecule has 6 N–H and O–H groups in total. The van der Waals surface area contributed by atoms with E-state index in [1.807, 2.05) is 0 Å². The summed E-state index contributed by atoms with van der Waals surface area (Å²) < 4.78 is 0. The summed E-state index contributed by atoms with van der Waals surface area (Å²) in [6.45, 7) is 15.5. The molecular weight excluding hydrogens is 669 g/mol. The molecule has 266 valence electrons. The van der Waals surface area contributed by atoms with Gasteiger partial charge in [0.25, 0.3) is 11.8 Å². The summed E-state index contributed by atoms with van der Waals surface area (Å²) in [5, 5.41) is 21.1. The van der Waals surface area contributed by atoms with Crippen molar-refractivity contribution in [1.82, 2.24) is 19.8 Å². The lowest BCUT2D eigenvalue weighted by molar-refractivity contribution is 0.0840. The molecule has 2 aromatic heterocycles. The Morgan fingerprint density at radius 3 is 1.46 bits per heavy atom. The highest BCUT2D eigenvalue weighted by atomic mass is 32.1. The number of primary amides is 2. The number of aliphatic hydroxyl groups excluding tert-OH is 2. The van der Waals surface area contributed by atoms with Gasteiger partial charge in [-0.25, -0.2) is 9.97 Å². The van der Waals surface area contributed by atoms with Crippen LogP contribution in [-0.2, 0) is 12.8 Å². The molecule has 0 fully saturated rings. The van der Waals surface area contributed by atoms with E-state index in [2.05, 4.69) is 97.7 Å². The van der Waals surface area contributed by atoms with Crippen LogP contribution >= 0.6 is 22.7 Å². The Balaban J connectivity index is 1.48. The molecule has 0 saturated heterocycles. The van der Waals surface area contributed by atoms with Gasteiger partial charge in [0.1, 0.15) is 0 Å². The van der Waals surface area contributed by atoms with Gasteiger partial charge >= 0.3 is 0 Å². The minimum Gasteiger partial charge on any atom is -0.396 e. The van der Waals surface area contributed by atoms with Crippen molar-refractivity contribution in [2.75, 3.05) is 39.4 Å². The number of carbonyl (C=O) groups is 2. The van der Waals surface area contributed by atoms with Crippen LogP contribution in [0.3, 0.4) is 0 Å². The van der Waals surface area contributed by atoms with Crippen molar-refractivity contribution in [3.63, 3.8) is 0 Å². The van der Waals surface area contributed by atoms with Crippen LogP contribution in [0.2, 0.25) is 0 Å². The molecular formula is C38H48N6O4S2. The fourth-order valence-corrected chi connectivity index (χ4v) is 9.75. The first-order chi connectivity index (χ1) is 23.6. The van der Waals surface area contributed by atoms with Crippen LogP contribution in [0.15, 0.2) is 36.4 Å². The molecule has 2 aliphatic rings. The number of amides is 2. The number of fused-ring (bicyclic) bond motifs is 2. The second kappa shape index (κ2) is 13.9. The third-order valence-electron chi connectivity index (χ3n) is 10.1. The van der Waals surface area contributed by atoms with E-state index in [1.54, 1.807) is 0 Å². The molecule has 0 saturated carbocycles.